The van der Waals surface area contributed by atoms with Gasteiger partial charge in [0.05, 0.1) is 24.2 Å². The first-order valence-corrected chi connectivity index (χ1v) is 11.2. The molecule has 148 valence electrons. The molecule has 1 aromatic rings. The molecule has 0 bridgehead atoms. The van der Waals surface area contributed by atoms with Crippen LogP contribution >= 0.6 is 0 Å². The number of nitrogens with zero attached hydrogens (tertiary/aromatic N) is 1. The van der Waals surface area contributed by atoms with Gasteiger partial charge in [-0.25, -0.2) is 8.42 Å². The van der Waals surface area contributed by atoms with Gasteiger partial charge in [-0.3, -0.25) is 9.59 Å². The molecule has 2 aliphatic rings. The van der Waals surface area contributed by atoms with E-state index in [0.717, 1.165) is 12.8 Å². The Morgan fingerprint density at radius 1 is 1.15 bits per heavy atom. The van der Waals surface area contributed by atoms with Crippen LogP contribution in [0.2, 0.25) is 0 Å². The summed E-state index contributed by atoms with van der Waals surface area (Å²) in [4.78, 5) is 26.4. The molecule has 1 aromatic carbocycles. The minimum Gasteiger partial charge on any atom is -0.378 e. The van der Waals surface area contributed by atoms with Crippen molar-refractivity contribution in [3.8, 4) is 0 Å². The second-order valence-electron chi connectivity index (χ2n) is 7.06. The molecule has 1 aliphatic carbocycles. The van der Waals surface area contributed by atoms with E-state index in [0.29, 0.717) is 50.4 Å². The minimum absolute atomic E-state index is 0.0690. The minimum atomic E-state index is -3.22. The van der Waals surface area contributed by atoms with Crippen LogP contribution in [0.4, 0.5) is 5.69 Å². The lowest BCUT2D eigenvalue weighted by atomic mass is 10.1. The molecule has 2 amide bonds. The van der Waals surface area contributed by atoms with Crippen molar-refractivity contribution in [3.63, 3.8) is 0 Å². The second kappa shape index (κ2) is 8.84. The van der Waals surface area contributed by atoms with E-state index in [9.17, 15) is 18.0 Å². The SMILES string of the molecule is O=C(CCS(=O)(=O)C1CCCC1)Nc1cccc(C(=O)N2CCOCC2)c1. The molecule has 0 atom stereocenters. The molecule has 27 heavy (non-hydrogen) atoms. The van der Waals surface area contributed by atoms with Gasteiger partial charge in [-0.1, -0.05) is 18.9 Å². The molecule has 8 heteroatoms. The first kappa shape index (κ1) is 19.8. The zero-order valence-corrected chi connectivity index (χ0v) is 16.2. The highest BCUT2D eigenvalue weighted by Gasteiger charge is 2.29. The molecule has 3 rings (SSSR count). The monoisotopic (exact) mass is 394 g/mol. The van der Waals surface area contributed by atoms with E-state index in [1.165, 1.54) is 0 Å². The molecule has 1 saturated carbocycles. The van der Waals surface area contributed by atoms with Crippen LogP contribution in [0.25, 0.3) is 0 Å². The number of benzene rings is 1. The normalized spacial score (nSPS) is 18.4. The van der Waals surface area contributed by atoms with Crippen molar-refractivity contribution in [1.29, 1.82) is 0 Å². The third kappa shape index (κ3) is 5.29. The summed E-state index contributed by atoms with van der Waals surface area (Å²) < 4.78 is 29.8. The molecule has 2 fully saturated rings. The molecular formula is C19H26N2O5S. The van der Waals surface area contributed by atoms with Crippen molar-refractivity contribution >= 4 is 27.3 Å². The maximum absolute atomic E-state index is 12.5. The van der Waals surface area contributed by atoms with E-state index in [1.807, 2.05) is 0 Å². The average molecular weight is 394 g/mol. The second-order valence-corrected chi connectivity index (χ2v) is 9.46. The van der Waals surface area contributed by atoms with E-state index in [2.05, 4.69) is 5.32 Å². The lowest BCUT2D eigenvalue weighted by molar-refractivity contribution is -0.115. The molecule has 0 aromatic heterocycles. The Morgan fingerprint density at radius 3 is 2.56 bits per heavy atom. The summed E-state index contributed by atoms with van der Waals surface area (Å²) in [6.07, 6.45) is 3.23. The number of sulfone groups is 1. The number of amides is 2. The molecule has 7 nitrogen and oxygen atoms in total. The van der Waals surface area contributed by atoms with Crippen LogP contribution in [-0.4, -0.2) is 62.4 Å². The Balaban J connectivity index is 1.55. The summed E-state index contributed by atoms with van der Waals surface area (Å²) in [6, 6.07) is 6.73. The predicted octanol–water partition coefficient (Wildman–Crippen LogP) is 1.84. The lowest BCUT2D eigenvalue weighted by Gasteiger charge is -2.27. The van der Waals surface area contributed by atoms with Gasteiger partial charge in [-0.05, 0) is 31.0 Å². The molecule has 0 spiro atoms. The molecule has 1 N–H and O–H groups in total. The number of ether oxygens (including phenoxy) is 1. The number of hydrogen-bond donors (Lipinski definition) is 1. The summed E-state index contributed by atoms with van der Waals surface area (Å²) in [5.41, 5.74) is 0.991. The summed E-state index contributed by atoms with van der Waals surface area (Å²) in [5.74, 6) is -0.582. The molecule has 1 saturated heterocycles. The summed E-state index contributed by atoms with van der Waals surface area (Å²) in [6.45, 7) is 2.15. The van der Waals surface area contributed by atoms with Gasteiger partial charge in [0, 0.05) is 30.8 Å². The summed E-state index contributed by atoms with van der Waals surface area (Å²) in [5, 5.41) is 2.41. The Labute approximate surface area is 160 Å². The van der Waals surface area contributed by atoms with Gasteiger partial charge in [0.2, 0.25) is 5.91 Å². The van der Waals surface area contributed by atoms with E-state index in [1.54, 1.807) is 29.2 Å². The number of rotatable bonds is 6. The number of nitrogens with one attached hydrogen (secondary N) is 1. The van der Waals surface area contributed by atoms with Gasteiger partial charge < -0.3 is 15.0 Å². The van der Waals surface area contributed by atoms with Gasteiger partial charge in [0.1, 0.15) is 0 Å². The van der Waals surface area contributed by atoms with Crippen molar-refractivity contribution < 1.29 is 22.7 Å². The van der Waals surface area contributed by atoms with Gasteiger partial charge in [-0.15, -0.1) is 0 Å². The van der Waals surface area contributed by atoms with Gasteiger partial charge >= 0.3 is 0 Å². The van der Waals surface area contributed by atoms with Crippen LogP contribution in [-0.2, 0) is 19.4 Å². The maximum atomic E-state index is 12.5. The fraction of sp³-hybridized carbons (Fsp3) is 0.579. The first-order chi connectivity index (χ1) is 13.0. The summed E-state index contributed by atoms with van der Waals surface area (Å²) >= 11 is 0. The first-order valence-electron chi connectivity index (χ1n) is 9.44. The highest BCUT2D eigenvalue weighted by Crippen LogP contribution is 2.25. The van der Waals surface area contributed by atoms with E-state index in [-0.39, 0.29) is 29.2 Å². The number of carbonyl (C=O) groups excluding carboxylic acids is 2. The largest absolute Gasteiger partial charge is 0.378 e. The van der Waals surface area contributed by atoms with E-state index >= 15 is 0 Å². The van der Waals surface area contributed by atoms with Crippen LogP contribution in [0.1, 0.15) is 42.5 Å². The van der Waals surface area contributed by atoms with E-state index in [4.69, 9.17) is 4.74 Å². The third-order valence-corrected chi connectivity index (χ3v) is 7.38. The Kier molecular flexibility index (Phi) is 6.49. The third-order valence-electron chi connectivity index (χ3n) is 5.12. The maximum Gasteiger partial charge on any atom is 0.254 e. The van der Waals surface area contributed by atoms with Crippen molar-refractivity contribution in [2.24, 2.45) is 0 Å². The highest BCUT2D eigenvalue weighted by molar-refractivity contribution is 7.92. The van der Waals surface area contributed by atoms with Crippen molar-refractivity contribution in [2.45, 2.75) is 37.4 Å². The fourth-order valence-corrected chi connectivity index (χ4v) is 5.41. The highest BCUT2D eigenvalue weighted by atomic mass is 32.2. The van der Waals surface area contributed by atoms with Crippen LogP contribution in [0, 0.1) is 0 Å². The molecule has 1 heterocycles. The number of hydrogen-bond acceptors (Lipinski definition) is 5. The quantitative estimate of drug-likeness (QED) is 0.795. The van der Waals surface area contributed by atoms with Gasteiger partial charge in [0.25, 0.3) is 5.91 Å². The Bertz CT molecular complexity index is 781. The zero-order chi connectivity index (χ0) is 19.3. The van der Waals surface area contributed by atoms with Crippen LogP contribution in [0.3, 0.4) is 0 Å². The van der Waals surface area contributed by atoms with Crippen molar-refractivity contribution in [3.05, 3.63) is 29.8 Å². The Morgan fingerprint density at radius 2 is 1.85 bits per heavy atom. The summed E-state index contributed by atoms with van der Waals surface area (Å²) in [7, 11) is -3.22. The van der Waals surface area contributed by atoms with Crippen molar-refractivity contribution in [1.82, 2.24) is 4.90 Å². The van der Waals surface area contributed by atoms with E-state index < -0.39 is 9.84 Å². The lowest BCUT2D eigenvalue weighted by Crippen LogP contribution is -2.40. The number of morpholine rings is 1. The molecule has 1 aliphatic heterocycles. The van der Waals surface area contributed by atoms with Crippen molar-refractivity contribution in [2.75, 3.05) is 37.4 Å². The van der Waals surface area contributed by atoms with Crippen LogP contribution in [0.5, 0.6) is 0 Å². The van der Waals surface area contributed by atoms with Crippen LogP contribution in [0.15, 0.2) is 24.3 Å². The predicted molar refractivity (Wildman–Crippen MR) is 102 cm³/mol. The number of carbonyl (C=O) groups is 2. The topological polar surface area (TPSA) is 92.8 Å². The van der Waals surface area contributed by atoms with Gasteiger partial charge in [-0.2, -0.15) is 0 Å². The van der Waals surface area contributed by atoms with Gasteiger partial charge in [0.15, 0.2) is 9.84 Å². The fourth-order valence-electron chi connectivity index (χ4n) is 3.55. The van der Waals surface area contributed by atoms with Crippen LogP contribution < -0.4 is 5.32 Å². The standard InChI is InChI=1S/C19H26N2O5S/c22-18(8-13-27(24,25)17-6-1-2-7-17)20-16-5-3-4-15(14-16)19(23)21-9-11-26-12-10-21/h3-5,14,17H,1-2,6-13H2,(H,20,22). The Hall–Kier alpha value is -1.93. The molecular weight excluding hydrogens is 368 g/mol. The smallest absolute Gasteiger partial charge is 0.254 e. The number of anilines is 1. The average Bonchev–Trinajstić information content (AvgIpc) is 3.23. The zero-order valence-electron chi connectivity index (χ0n) is 15.4. The molecule has 0 unspecified atom stereocenters. The molecule has 0 radical (unpaired) electrons.